The summed E-state index contributed by atoms with van der Waals surface area (Å²) in [5, 5.41) is 9.01. The van der Waals surface area contributed by atoms with Gasteiger partial charge in [-0.3, -0.25) is 9.78 Å². The Bertz CT molecular complexity index is 1130. The molecule has 0 saturated heterocycles. The average Bonchev–Trinajstić information content (AvgIpc) is 3.37. The second-order valence-corrected chi connectivity index (χ2v) is 8.53. The predicted octanol–water partition coefficient (Wildman–Crippen LogP) is 4.20. The van der Waals surface area contributed by atoms with Crippen molar-refractivity contribution in [2.45, 2.75) is 44.2 Å². The Hall–Kier alpha value is -3.65. The standard InChI is InChI=1S/C26H30N4O4/c1-30(19-11-12-23(33-2)24(14-19)34-20-5-3-4-6-20)25-16-28-15-22(29-25)18-9-7-17(8-10-18)13-21(27)26(31)32/h7-12,14-16,20-21H,3-6,13,27H2,1-2H3,(H,31,32)/t21-/m0/s1. The fourth-order valence-corrected chi connectivity index (χ4v) is 4.09. The lowest BCUT2D eigenvalue weighted by atomic mass is 10.0. The number of benzene rings is 2. The Morgan fingerprint density at radius 1 is 1.15 bits per heavy atom. The number of rotatable bonds is 9. The van der Waals surface area contributed by atoms with Crippen LogP contribution in [0.25, 0.3) is 11.3 Å². The molecule has 0 radical (unpaired) electrons. The Balaban J connectivity index is 1.53. The van der Waals surface area contributed by atoms with Crippen LogP contribution in [0.1, 0.15) is 31.2 Å². The first-order valence-electron chi connectivity index (χ1n) is 11.4. The first-order chi connectivity index (χ1) is 16.4. The molecule has 1 heterocycles. The van der Waals surface area contributed by atoms with E-state index in [2.05, 4.69) is 4.98 Å². The number of aromatic nitrogens is 2. The van der Waals surface area contributed by atoms with Gasteiger partial charge >= 0.3 is 5.97 Å². The predicted molar refractivity (Wildman–Crippen MR) is 131 cm³/mol. The summed E-state index contributed by atoms with van der Waals surface area (Å²) in [7, 11) is 3.58. The molecule has 1 atom stereocenters. The number of hydrogen-bond donors (Lipinski definition) is 2. The maximum atomic E-state index is 11.0. The molecule has 1 saturated carbocycles. The van der Waals surface area contributed by atoms with Crippen LogP contribution in [0, 0.1) is 0 Å². The maximum absolute atomic E-state index is 11.0. The minimum atomic E-state index is -1.01. The van der Waals surface area contributed by atoms with E-state index in [0.717, 1.165) is 41.1 Å². The second-order valence-electron chi connectivity index (χ2n) is 8.53. The summed E-state index contributed by atoms with van der Waals surface area (Å²) in [6.07, 6.45) is 8.45. The highest BCUT2D eigenvalue weighted by molar-refractivity contribution is 5.73. The number of nitrogens with two attached hydrogens (primary N) is 1. The van der Waals surface area contributed by atoms with Crippen LogP contribution in [0.4, 0.5) is 11.5 Å². The van der Waals surface area contributed by atoms with Crippen molar-refractivity contribution in [1.29, 1.82) is 0 Å². The van der Waals surface area contributed by atoms with Crippen molar-refractivity contribution in [2.75, 3.05) is 19.1 Å². The van der Waals surface area contributed by atoms with E-state index in [1.165, 1.54) is 12.8 Å². The van der Waals surface area contributed by atoms with Gasteiger partial charge in [0, 0.05) is 24.4 Å². The number of anilines is 2. The molecule has 0 aliphatic heterocycles. The van der Waals surface area contributed by atoms with Crippen LogP contribution in [0.3, 0.4) is 0 Å². The van der Waals surface area contributed by atoms with Gasteiger partial charge in [0.05, 0.1) is 31.3 Å². The van der Waals surface area contributed by atoms with Crippen LogP contribution < -0.4 is 20.1 Å². The lowest BCUT2D eigenvalue weighted by Gasteiger charge is -2.22. The maximum Gasteiger partial charge on any atom is 0.320 e. The largest absolute Gasteiger partial charge is 0.493 e. The summed E-state index contributed by atoms with van der Waals surface area (Å²) in [6, 6.07) is 12.5. The minimum Gasteiger partial charge on any atom is -0.493 e. The highest BCUT2D eigenvalue weighted by atomic mass is 16.5. The van der Waals surface area contributed by atoms with Crippen LogP contribution in [-0.4, -0.2) is 47.3 Å². The fraction of sp³-hybridized carbons (Fsp3) is 0.346. The van der Waals surface area contributed by atoms with Crippen LogP contribution in [0.15, 0.2) is 54.9 Å². The molecular weight excluding hydrogens is 432 g/mol. The Kier molecular flexibility index (Phi) is 7.27. The highest BCUT2D eigenvalue weighted by Crippen LogP contribution is 2.36. The van der Waals surface area contributed by atoms with Crippen molar-refractivity contribution in [1.82, 2.24) is 9.97 Å². The molecule has 8 heteroatoms. The summed E-state index contributed by atoms with van der Waals surface area (Å²) in [4.78, 5) is 22.1. The molecular formula is C26H30N4O4. The van der Waals surface area contributed by atoms with Gasteiger partial charge in [0.2, 0.25) is 0 Å². The summed E-state index contributed by atoms with van der Waals surface area (Å²) in [6.45, 7) is 0. The van der Waals surface area contributed by atoms with E-state index in [1.807, 2.05) is 54.4 Å². The van der Waals surface area contributed by atoms with E-state index in [1.54, 1.807) is 19.5 Å². The Morgan fingerprint density at radius 3 is 2.56 bits per heavy atom. The van der Waals surface area contributed by atoms with Gasteiger partial charge in [-0.2, -0.15) is 0 Å². The van der Waals surface area contributed by atoms with Crippen molar-refractivity contribution >= 4 is 17.5 Å². The lowest BCUT2D eigenvalue weighted by molar-refractivity contribution is -0.138. The van der Waals surface area contributed by atoms with E-state index in [-0.39, 0.29) is 12.5 Å². The van der Waals surface area contributed by atoms with Crippen molar-refractivity contribution in [3.63, 3.8) is 0 Å². The fourth-order valence-electron chi connectivity index (χ4n) is 4.09. The van der Waals surface area contributed by atoms with Crippen LogP contribution in [0.2, 0.25) is 0 Å². The Labute approximate surface area is 199 Å². The highest BCUT2D eigenvalue weighted by Gasteiger charge is 2.20. The number of carbonyl (C=O) groups is 1. The lowest BCUT2D eigenvalue weighted by Crippen LogP contribution is -2.32. The van der Waals surface area contributed by atoms with Crippen LogP contribution >= 0.6 is 0 Å². The smallest absolute Gasteiger partial charge is 0.320 e. The number of hydrogen-bond acceptors (Lipinski definition) is 7. The molecule has 8 nitrogen and oxygen atoms in total. The number of nitrogens with zero attached hydrogens (tertiary/aromatic N) is 3. The molecule has 1 aliphatic rings. The van der Waals surface area contributed by atoms with Gasteiger partial charge in [-0.15, -0.1) is 0 Å². The molecule has 0 amide bonds. The molecule has 3 aromatic rings. The van der Waals surface area contributed by atoms with Gasteiger partial charge < -0.3 is 25.2 Å². The second kappa shape index (κ2) is 10.5. The third-order valence-corrected chi connectivity index (χ3v) is 6.12. The molecule has 0 unspecified atom stereocenters. The summed E-state index contributed by atoms with van der Waals surface area (Å²) in [5.41, 5.74) is 9.01. The van der Waals surface area contributed by atoms with E-state index < -0.39 is 12.0 Å². The van der Waals surface area contributed by atoms with Gasteiger partial charge in [0.1, 0.15) is 6.04 Å². The molecule has 178 valence electrons. The van der Waals surface area contributed by atoms with E-state index >= 15 is 0 Å². The van der Waals surface area contributed by atoms with Gasteiger partial charge in [0.25, 0.3) is 0 Å². The molecule has 34 heavy (non-hydrogen) atoms. The average molecular weight is 463 g/mol. The third-order valence-electron chi connectivity index (χ3n) is 6.12. The van der Waals surface area contributed by atoms with E-state index in [4.69, 9.17) is 25.3 Å². The van der Waals surface area contributed by atoms with Gasteiger partial charge in [0.15, 0.2) is 17.3 Å². The molecule has 3 N–H and O–H groups in total. The first kappa shape index (κ1) is 23.5. The van der Waals surface area contributed by atoms with E-state index in [0.29, 0.717) is 11.6 Å². The summed E-state index contributed by atoms with van der Waals surface area (Å²) in [5.74, 6) is 1.12. The van der Waals surface area contributed by atoms with Gasteiger partial charge in [-0.1, -0.05) is 24.3 Å². The summed E-state index contributed by atoms with van der Waals surface area (Å²) < 4.78 is 11.7. The molecule has 4 rings (SSSR count). The molecule has 1 aromatic heterocycles. The monoisotopic (exact) mass is 462 g/mol. The summed E-state index contributed by atoms with van der Waals surface area (Å²) >= 11 is 0. The minimum absolute atomic E-state index is 0.227. The molecule has 1 aliphatic carbocycles. The number of carboxylic acids is 1. The van der Waals surface area contributed by atoms with Gasteiger partial charge in [-0.25, -0.2) is 4.98 Å². The molecule has 0 bridgehead atoms. The SMILES string of the molecule is COc1ccc(N(C)c2cncc(-c3ccc(C[C@H](N)C(=O)O)cc3)n2)cc1OC1CCCC1. The zero-order valence-electron chi connectivity index (χ0n) is 19.5. The molecule has 0 spiro atoms. The van der Waals surface area contributed by atoms with Crippen LogP contribution in [-0.2, 0) is 11.2 Å². The van der Waals surface area contributed by atoms with Crippen molar-refractivity contribution in [2.24, 2.45) is 5.73 Å². The topological polar surface area (TPSA) is 111 Å². The number of carboxylic acid groups (broad SMARTS) is 1. The zero-order chi connectivity index (χ0) is 24.1. The Morgan fingerprint density at radius 2 is 1.88 bits per heavy atom. The quantitative estimate of drug-likeness (QED) is 0.487. The molecule has 2 aromatic carbocycles. The third kappa shape index (κ3) is 5.46. The van der Waals surface area contributed by atoms with E-state index in [9.17, 15) is 4.79 Å². The molecule has 1 fully saturated rings. The number of methoxy groups -OCH3 is 1. The first-order valence-corrected chi connectivity index (χ1v) is 11.4. The van der Waals surface area contributed by atoms with Crippen molar-refractivity contribution < 1.29 is 19.4 Å². The van der Waals surface area contributed by atoms with Gasteiger partial charge in [-0.05, 0) is 49.8 Å². The van der Waals surface area contributed by atoms with Crippen molar-refractivity contribution in [3.8, 4) is 22.8 Å². The normalized spacial score (nSPS) is 14.6. The number of ether oxygens (including phenoxy) is 2. The van der Waals surface area contributed by atoms with Crippen molar-refractivity contribution in [3.05, 3.63) is 60.4 Å². The van der Waals surface area contributed by atoms with Crippen LogP contribution in [0.5, 0.6) is 11.5 Å². The number of aliphatic carboxylic acids is 1. The zero-order valence-corrected chi connectivity index (χ0v) is 19.5.